The number of nitrogens with zero attached hydrogens (tertiary/aromatic N) is 4. The van der Waals surface area contributed by atoms with Gasteiger partial charge in [0.1, 0.15) is 11.5 Å². The summed E-state index contributed by atoms with van der Waals surface area (Å²) in [5.41, 5.74) is 2.83. The molecule has 6 nitrogen and oxygen atoms in total. The normalized spacial score (nSPS) is 19.5. The van der Waals surface area contributed by atoms with Crippen LogP contribution in [0.1, 0.15) is 51.0 Å². The quantitative estimate of drug-likeness (QED) is 0.473. The highest BCUT2D eigenvalue weighted by Crippen LogP contribution is 2.33. The number of sulfone groups is 1. The SMILES string of the molecule is CC(C)CN1CCC(N2CCC(c3cn4cc(-c5ccc(S(C)(=O)=O)cc5)nc4cc3F)CC2)CC1. The summed E-state index contributed by atoms with van der Waals surface area (Å²) in [5, 5.41) is 0. The number of imidazole rings is 1. The van der Waals surface area contributed by atoms with Crippen molar-refractivity contribution < 1.29 is 12.8 Å². The van der Waals surface area contributed by atoms with Crippen LogP contribution in [-0.4, -0.2) is 72.6 Å². The zero-order valence-electron chi connectivity index (χ0n) is 21.5. The van der Waals surface area contributed by atoms with Crippen molar-refractivity contribution in [3.63, 3.8) is 0 Å². The van der Waals surface area contributed by atoms with Gasteiger partial charge in [0, 0.05) is 48.4 Å². The Morgan fingerprint density at radius 2 is 1.67 bits per heavy atom. The molecular weight excluding hydrogens is 475 g/mol. The number of fused-ring (bicyclic) bond motifs is 1. The van der Waals surface area contributed by atoms with E-state index in [0.717, 1.165) is 43.0 Å². The predicted octanol–water partition coefficient (Wildman–Crippen LogP) is 4.84. The first-order valence-electron chi connectivity index (χ1n) is 13.1. The standard InChI is InChI=1S/C28H37FN4O2S/c1-20(2)17-31-12-10-23(11-13-31)32-14-8-21(9-15-32)25-18-33-19-27(30-28(33)16-26(25)29)22-4-6-24(7-5-22)36(3,34)35/h4-7,16,18-21,23H,8-15,17H2,1-3H3. The van der Waals surface area contributed by atoms with Crippen LogP contribution in [0.15, 0.2) is 47.6 Å². The lowest BCUT2D eigenvalue weighted by Crippen LogP contribution is -2.48. The van der Waals surface area contributed by atoms with E-state index < -0.39 is 9.84 Å². The molecule has 1 aromatic carbocycles. The summed E-state index contributed by atoms with van der Waals surface area (Å²) < 4.78 is 40.5. The Kier molecular flexibility index (Phi) is 7.21. The second-order valence-corrected chi connectivity index (χ2v) is 13.0. The Labute approximate surface area is 214 Å². The van der Waals surface area contributed by atoms with E-state index in [1.165, 1.54) is 44.8 Å². The van der Waals surface area contributed by atoms with E-state index in [2.05, 4.69) is 28.6 Å². The molecule has 2 saturated heterocycles. The lowest BCUT2D eigenvalue weighted by Gasteiger charge is -2.42. The van der Waals surface area contributed by atoms with Gasteiger partial charge in [0.25, 0.3) is 0 Å². The molecule has 2 fully saturated rings. The molecule has 3 aromatic rings. The van der Waals surface area contributed by atoms with E-state index >= 15 is 4.39 Å². The van der Waals surface area contributed by atoms with Gasteiger partial charge in [-0.2, -0.15) is 0 Å². The van der Waals surface area contributed by atoms with E-state index in [-0.39, 0.29) is 16.6 Å². The van der Waals surface area contributed by atoms with Gasteiger partial charge in [-0.05, 0) is 75.8 Å². The second-order valence-electron chi connectivity index (χ2n) is 11.0. The Balaban J connectivity index is 1.25. The average Bonchev–Trinajstić information content (AvgIpc) is 3.26. The van der Waals surface area contributed by atoms with Gasteiger partial charge in [0.2, 0.25) is 0 Å². The number of hydrogen-bond acceptors (Lipinski definition) is 5. The molecule has 4 heterocycles. The van der Waals surface area contributed by atoms with Crippen LogP contribution < -0.4 is 0 Å². The number of rotatable bonds is 6. The highest BCUT2D eigenvalue weighted by Gasteiger charge is 2.30. The zero-order chi connectivity index (χ0) is 25.4. The molecule has 0 saturated carbocycles. The molecule has 0 N–H and O–H groups in total. The molecule has 2 aliphatic heterocycles. The fourth-order valence-corrected chi connectivity index (χ4v) is 6.53. The monoisotopic (exact) mass is 512 g/mol. The first kappa shape index (κ1) is 25.4. The fraction of sp³-hybridized carbons (Fsp3) is 0.536. The summed E-state index contributed by atoms with van der Waals surface area (Å²) in [6.45, 7) is 10.2. The van der Waals surface area contributed by atoms with Gasteiger partial charge in [-0.3, -0.25) is 0 Å². The van der Waals surface area contributed by atoms with Gasteiger partial charge in [0.05, 0.1) is 10.6 Å². The fourth-order valence-electron chi connectivity index (χ4n) is 5.90. The lowest BCUT2D eigenvalue weighted by molar-refractivity contribution is 0.0824. The molecule has 2 aliphatic rings. The van der Waals surface area contributed by atoms with E-state index in [1.54, 1.807) is 24.3 Å². The van der Waals surface area contributed by atoms with Crippen molar-refractivity contribution in [3.8, 4) is 11.3 Å². The topological polar surface area (TPSA) is 57.9 Å². The molecular formula is C28H37FN4O2S. The van der Waals surface area contributed by atoms with Crippen LogP contribution in [0.3, 0.4) is 0 Å². The first-order valence-corrected chi connectivity index (χ1v) is 15.0. The number of halogens is 1. The van der Waals surface area contributed by atoms with Crippen molar-refractivity contribution in [2.75, 3.05) is 39.0 Å². The third-order valence-electron chi connectivity index (χ3n) is 7.82. The average molecular weight is 513 g/mol. The number of pyridine rings is 1. The van der Waals surface area contributed by atoms with Crippen LogP contribution in [0.2, 0.25) is 0 Å². The Morgan fingerprint density at radius 3 is 2.28 bits per heavy atom. The minimum atomic E-state index is -3.25. The van der Waals surface area contributed by atoms with Crippen molar-refractivity contribution in [3.05, 3.63) is 54.1 Å². The Hall–Kier alpha value is -2.29. The third-order valence-corrected chi connectivity index (χ3v) is 8.94. The summed E-state index contributed by atoms with van der Waals surface area (Å²) in [4.78, 5) is 10.1. The van der Waals surface area contributed by atoms with Gasteiger partial charge in [-0.1, -0.05) is 26.0 Å². The molecule has 0 bridgehead atoms. The number of benzene rings is 1. The summed E-state index contributed by atoms with van der Waals surface area (Å²) in [6.07, 6.45) is 9.41. The number of aromatic nitrogens is 2. The van der Waals surface area contributed by atoms with E-state index in [0.29, 0.717) is 17.4 Å². The summed E-state index contributed by atoms with van der Waals surface area (Å²) >= 11 is 0. The first-order chi connectivity index (χ1) is 17.2. The van der Waals surface area contributed by atoms with Gasteiger partial charge < -0.3 is 14.2 Å². The van der Waals surface area contributed by atoms with Gasteiger partial charge >= 0.3 is 0 Å². The second kappa shape index (κ2) is 10.2. The smallest absolute Gasteiger partial charge is 0.175 e. The largest absolute Gasteiger partial charge is 0.306 e. The predicted molar refractivity (Wildman–Crippen MR) is 142 cm³/mol. The molecule has 0 atom stereocenters. The molecule has 0 unspecified atom stereocenters. The van der Waals surface area contributed by atoms with Crippen LogP contribution >= 0.6 is 0 Å². The maximum Gasteiger partial charge on any atom is 0.175 e. The van der Waals surface area contributed by atoms with Crippen LogP contribution in [0.4, 0.5) is 4.39 Å². The van der Waals surface area contributed by atoms with Crippen LogP contribution in [0.25, 0.3) is 16.9 Å². The molecule has 5 rings (SSSR count). The lowest BCUT2D eigenvalue weighted by atomic mass is 9.88. The maximum atomic E-state index is 15.2. The summed E-state index contributed by atoms with van der Waals surface area (Å²) in [5.74, 6) is 0.746. The molecule has 0 amide bonds. The zero-order valence-corrected chi connectivity index (χ0v) is 22.3. The molecule has 194 valence electrons. The third kappa shape index (κ3) is 5.50. The van der Waals surface area contributed by atoms with E-state index in [9.17, 15) is 8.42 Å². The van der Waals surface area contributed by atoms with Crippen LogP contribution in [0, 0.1) is 11.7 Å². The van der Waals surface area contributed by atoms with Crippen molar-refractivity contribution in [1.29, 1.82) is 0 Å². The molecule has 36 heavy (non-hydrogen) atoms. The Morgan fingerprint density at radius 1 is 1.00 bits per heavy atom. The summed E-state index contributed by atoms with van der Waals surface area (Å²) in [7, 11) is -3.25. The van der Waals surface area contributed by atoms with Crippen LogP contribution in [0.5, 0.6) is 0 Å². The minimum Gasteiger partial charge on any atom is -0.306 e. The molecule has 8 heteroatoms. The van der Waals surface area contributed by atoms with Crippen molar-refractivity contribution in [2.24, 2.45) is 5.92 Å². The van der Waals surface area contributed by atoms with Crippen molar-refractivity contribution in [1.82, 2.24) is 19.2 Å². The number of piperidine rings is 2. The van der Waals surface area contributed by atoms with Gasteiger partial charge in [-0.15, -0.1) is 0 Å². The summed E-state index contributed by atoms with van der Waals surface area (Å²) in [6, 6.07) is 8.86. The van der Waals surface area contributed by atoms with Crippen molar-refractivity contribution >= 4 is 15.5 Å². The molecule has 2 aromatic heterocycles. The van der Waals surface area contributed by atoms with Gasteiger partial charge in [-0.25, -0.2) is 17.8 Å². The highest BCUT2D eigenvalue weighted by molar-refractivity contribution is 7.90. The Bertz CT molecular complexity index is 1300. The molecule has 0 spiro atoms. The molecule has 0 aliphatic carbocycles. The van der Waals surface area contributed by atoms with Crippen LogP contribution in [-0.2, 0) is 9.84 Å². The van der Waals surface area contributed by atoms with Crippen molar-refractivity contribution in [2.45, 2.75) is 56.4 Å². The maximum absolute atomic E-state index is 15.2. The van der Waals surface area contributed by atoms with E-state index in [4.69, 9.17) is 0 Å². The van der Waals surface area contributed by atoms with E-state index in [1.807, 2.05) is 16.8 Å². The highest BCUT2D eigenvalue weighted by atomic mass is 32.2. The molecule has 0 radical (unpaired) electrons. The van der Waals surface area contributed by atoms with Gasteiger partial charge in [0.15, 0.2) is 9.84 Å². The number of likely N-dealkylation sites (tertiary alicyclic amines) is 2. The minimum absolute atomic E-state index is 0.187. The number of hydrogen-bond donors (Lipinski definition) is 0.